The average Bonchev–Trinajstić information content (AvgIpc) is 3.15. The number of allylic oxidation sites excluding steroid dienone is 2. The quantitative estimate of drug-likeness (QED) is 0.374. The SMILES string of the molecule is O=C(CC1CC=CCCCC(=O)OCC2CCCN2C1=O)NCCOCCO. The van der Waals surface area contributed by atoms with Gasteiger partial charge in [0.25, 0.3) is 0 Å². The predicted molar refractivity (Wildman–Crippen MR) is 102 cm³/mol. The molecule has 1 saturated heterocycles. The fourth-order valence-corrected chi connectivity index (χ4v) is 3.53. The standard InChI is InChI=1S/C20H32N2O6/c23-11-13-27-12-9-21-18(24)14-16-6-3-1-2-4-8-19(25)28-15-17-7-5-10-22(17)20(16)26/h1,3,16-17,23H,2,4-15H2,(H,21,24). The van der Waals surface area contributed by atoms with Crippen LogP contribution in [0.4, 0.5) is 0 Å². The molecule has 2 rings (SSSR count). The third-order valence-electron chi connectivity index (χ3n) is 5.02. The molecule has 8 heteroatoms. The van der Waals surface area contributed by atoms with Gasteiger partial charge >= 0.3 is 5.97 Å². The van der Waals surface area contributed by atoms with Gasteiger partial charge in [0.15, 0.2) is 0 Å². The van der Waals surface area contributed by atoms with Gasteiger partial charge in [-0.1, -0.05) is 12.2 Å². The number of aliphatic hydroxyl groups is 1. The van der Waals surface area contributed by atoms with E-state index in [-0.39, 0.29) is 50.1 Å². The summed E-state index contributed by atoms with van der Waals surface area (Å²) in [5.74, 6) is -0.877. The van der Waals surface area contributed by atoms with Gasteiger partial charge in [-0.15, -0.1) is 0 Å². The summed E-state index contributed by atoms with van der Waals surface area (Å²) in [6, 6.07) is -0.0985. The van der Waals surface area contributed by atoms with Gasteiger partial charge in [-0.3, -0.25) is 14.4 Å². The molecule has 2 N–H and O–H groups in total. The van der Waals surface area contributed by atoms with Crippen LogP contribution in [0.2, 0.25) is 0 Å². The number of cyclic esters (lactones) is 1. The first kappa shape index (κ1) is 22.4. The summed E-state index contributed by atoms with van der Waals surface area (Å²) < 4.78 is 10.5. The van der Waals surface area contributed by atoms with E-state index in [0.717, 1.165) is 25.7 Å². The lowest BCUT2D eigenvalue weighted by Gasteiger charge is -2.28. The lowest BCUT2D eigenvalue weighted by molar-refractivity contribution is -0.148. The van der Waals surface area contributed by atoms with Gasteiger partial charge in [-0.25, -0.2) is 0 Å². The van der Waals surface area contributed by atoms with E-state index in [4.69, 9.17) is 14.6 Å². The normalized spacial score (nSPS) is 24.0. The maximum absolute atomic E-state index is 13.1. The van der Waals surface area contributed by atoms with E-state index >= 15 is 0 Å². The number of nitrogens with zero attached hydrogens (tertiary/aromatic N) is 1. The first-order valence-electron chi connectivity index (χ1n) is 10.2. The zero-order chi connectivity index (χ0) is 20.2. The minimum Gasteiger partial charge on any atom is -0.463 e. The van der Waals surface area contributed by atoms with E-state index in [1.165, 1.54) is 0 Å². The molecule has 2 aliphatic heterocycles. The van der Waals surface area contributed by atoms with Crippen molar-refractivity contribution in [1.82, 2.24) is 10.2 Å². The number of fused-ring (bicyclic) bond motifs is 1. The smallest absolute Gasteiger partial charge is 0.305 e. The number of ether oxygens (including phenoxy) is 2. The molecule has 2 heterocycles. The summed E-state index contributed by atoms with van der Waals surface area (Å²) in [6.45, 7) is 1.73. The van der Waals surface area contributed by atoms with Crippen molar-refractivity contribution in [2.24, 2.45) is 5.92 Å². The van der Waals surface area contributed by atoms with E-state index in [0.29, 0.717) is 32.5 Å². The largest absolute Gasteiger partial charge is 0.463 e. The van der Waals surface area contributed by atoms with Crippen molar-refractivity contribution in [1.29, 1.82) is 0 Å². The molecule has 2 unspecified atom stereocenters. The van der Waals surface area contributed by atoms with Crippen LogP contribution in [-0.4, -0.2) is 73.3 Å². The Kier molecular flexibility index (Phi) is 9.99. The van der Waals surface area contributed by atoms with Gasteiger partial charge in [0.2, 0.25) is 11.8 Å². The van der Waals surface area contributed by atoms with E-state index in [9.17, 15) is 14.4 Å². The summed E-state index contributed by atoms with van der Waals surface area (Å²) >= 11 is 0. The molecule has 2 amide bonds. The van der Waals surface area contributed by atoms with Crippen molar-refractivity contribution in [2.75, 3.05) is 39.5 Å². The highest BCUT2D eigenvalue weighted by Crippen LogP contribution is 2.24. The summed E-state index contributed by atoms with van der Waals surface area (Å²) in [4.78, 5) is 38.9. The minimum atomic E-state index is -0.424. The second kappa shape index (κ2) is 12.5. The van der Waals surface area contributed by atoms with Crippen molar-refractivity contribution in [2.45, 2.75) is 51.0 Å². The predicted octanol–water partition coefficient (Wildman–Crippen LogP) is 0.782. The molecule has 1 fully saturated rings. The Morgan fingerprint density at radius 2 is 2.14 bits per heavy atom. The molecule has 0 bridgehead atoms. The molecule has 0 radical (unpaired) electrons. The molecule has 0 aliphatic carbocycles. The number of rotatable bonds is 7. The van der Waals surface area contributed by atoms with Crippen LogP contribution in [0.15, 0.2) is 12.2 Å². The molecule has 8 nitrogen and oxygen atoms in total. The molecule has 28 heavy (non-hydrogen) atoms. The van der Waals surface area contributed by atoms with Crippen molar-refractivity contribution in [3.05, 3.63) is 12.2 Å². The van der Waals surface area contributed by atoms with Crippen LogP contribution < -0.4 is 5.32 Å². The number of hydrogen-bond acceptors (Lipinski definition) is 6. The summed E-state index contributed by atoms with van der Waals surface area (Å²) in [7, 11) is 0. The van der Waals surface area contributed by atoms with E-state index < -0.39 is 5.92 Å². The highest BCUT2D eigenvalue weighted by atomic mass is 16.5. The number of carbonyl (C=O) groups excluding carboxylic acids is 3. The molecule has 0 aromatic heterocycles. The molecule has 0 aromatic rings. The Morgan fingerprint density at radius 3 is 2.96 bits per heavy atom. The van der Waals surface area contributed by atoms with Crippen LogP contribution in [0.5, 0.6) is 0 Å². The lowest BCUT2D eigenvalue weighted by atomic mass is 9.98. The molecule has 2 aliphatic rings. The van der Waals surface area contributed by atoms with Crippen LogP contribution in [0.1, 0.15) is 44.9 Å². The molecular formula is C20H32N2O6. The lowest BCUT2D eigenvalue weighted by Crippen LogP contribution is -2.43. The second-order valence-corrected chi connectivity index (χ2v) is 7.20. The van der Waals surface area contributed by atoms with Crippen LogP contribution in [0.25, 0.3) is 0 Å². The zero-order valence-electron chi connectivity index (χ0n) is 16.4. The maximum Gasteiger partial charge on any atom is 0.305 e. The molecule has 0 saturated carbocycles. The second-order valence-electron chi connectivity index (χ2n) is 7.20. The number of esters is 1. The van der Waals surface area contributed by atoms with Gasteiger partial charge in [0.1, 0.15) is 6.61 Å². The summed E-state index contributed by atoms with van der Waals surface area (Å²) in [6.07, 6.45) is 8.07. The van der Waals surface area contributed by atoms with Gasteiger partial charge < -0.3 is 24.8 Å². The minimum absolute atomic E-state index is 0.0471. The van der Waals surface area contributed by atoms with Crippen molar-refractivity contribution < 1.29 is 29.0 Å². The van der Waals surface area contributed by atoms with Crippen molar-refractivity contribution in [3.8, 4) is 0 Å². The molecule has 158 valence electrons. The van der Waals surface area contributed by atoms with Crippen molar-refractivity contribution in [3.63, 3.8) is 0 Å². The first-order valence-corrected chi connectivity index (χ1v) is 10.2. The van der Waals surface area contributed by atoms with Crippen LogP contribution >= 0.6 is 0 Å². The topological polar surface area (TPSA) is 105 Å². The van der Waals surface area contributed by atoms with Crippen LogP contribution in [0, 0.1) is 5.92 Å². The number of nitrogens with one attached hydrogen (secondary N) is 1. The van der Waals surface area contributed by atoms with Gasteiger partial charge in [0.05, 0.1) is 31.8 Å². The number of carbonyl (C=O) groups is 3. The van der Waals surface area contributed by atoms with Gasteiger partial charge in [-0.2, -0.15) is 0 Å². The molecule has 0 spiro atoms. The Bertz CT molecular complexity index is 551. The Morgan fingerprint density at radius 1 is 1.29 bits per heavy atom. The van der Waals surface area contributed by atoms with Crippen LogP contribution in [0.3, 0.4) is 0 Å². The number of amides is 2. The highest BCUT2D eigenvalue weighted by Gasteiger charge is 2.34. The third kappa shape index (κ3) is 7.59. The Balaban J connectivity index is 1.95. The van der Waals surface area contributed by atoms with E-state index in [1.54, 1.807) is 4.90 Å². The fourth-order valence-electron chi connectivity index (χ4n) is 3.53. The number of aliphatic hydroxyl groups excluding tert-OH is 1. The third-order valence-corrected chi connectivity index (χ3v) is 5.02. The Labute approximate surface area is 166 Å². The van der Waals surface area contributed by atoms with Crippen molar-refractivity contribution >= 4 is 17.8 Å². The molecule has 2 atom stereocenters. The fraction of sp³-hybridized carbons (Fsp3) is 0.750. The number of hydrogen-bond donors (Lipinski definition) is 2. The monoisotopic (exact) mass is 396 g/mol. The first-order chi connectivity index (χ1) is 13.6. The zero-order valence-corrected chi connectivity index (χ0v) is 16.4. The Hall–Kier alpha value is -1.93. The molecular weight excluding hydrogens is 364 g/mol. The van der Waals surface area contributed by atoms with Gasteiger partial charge in [0, 0.05) is 25.9 Å². The van der Waals surface area contributed by atoms with Gasteiger partial charge in [-0.05, 0) is 32.1 Å². The maximum atomic E-state index is 13.1. The highest BCUT2D eigenvalue weighted by molar-refractivity contribution is 5.86. The van der Waals surface area contributed by atoms with E-state index in [1.807, 2.05) is 12.2 Å². The van der Waals surface area contributed by atoms with E-state index in [2.05, 4.69) is 5.32 Å². The molecule has 0 aromatic carbocycles. The summed E-state index contributed by atoms with van der Waals surface area (Å²) in [5, 5.41) is 11.4. The average molecular weight is 396 g/mol. The van der Waals surface area contributed by atoms with Crippen LogP contribution in [-0.2, 0) is 23.9 Å². The summed E-state index contributed by atoms with van der Waals surface area (Å²) in [5.41, 5.74) is 0.